The van der Waals surface area contributed by atoms with Crippen LogP contribution in [0.15, 0.2) is 59.7 Å². The van der Waals surface area contributed by atoms with E-state index in [2.05, 4.69) is 15.5 Å². The number of hydrazone groups is 1. The third-order valence-electron chi connectivity index (χ3n) is 3.41. The average Bonchev–Trinajstić information content (AvgIpc) is 2.62. The largest absolute Gasteiger partial charge is 0.504 e. The van der Waals surface area contributed by atoms with Crippen LogP contribution in [0.4, 0.5) is 0 Å². The van der Waals surface area contributed by atoms with Crippen LogP contribution in [0, 0.1) is 0 Å². The molecule has 0 radical (unpaired) electrons. The van der Waals surface area contributed by atoms with Crippen molar-refractivity contribution in [1.29, 1.82) is 0 Å². The summed E-state index contributed by atoms with van der Waals surface area (Å²) in [6.45, 7) is 0. The van der Waals surface area contributed by atoms with Gasteiger partial charge in [0.05, 0.1) is 18.8 Å². The molecule has 0 aliphatic rings. The molecular weight excluding hydrogens is 306 g/mol. The average molecular weight is 321 g/mol. The number of hydrogen-bond acceptors (Lipinski definition) is 5. The summed E-state index contributed by atoms with van der Waals surface area (Å²) in [5, 5.41) is 14.4. The summed E-state index contributed by atoms with van der Waals surface area (Å²) in [6, 6.07) is 15.8. The van der Waals surface area contributed by atoms with Crippen molar-refractivity contribution in [2.45, 2.75) is 0 Å². The van der Waals surface area contributed by atoms with E-state index in [4.69, 9.17) is 4.74 Å². The van der Waals surface area contributed by atoms with Crippen LogP contribution in [0.3, 0.4) is 0 Å². The number of phenols is 1. The van der Waals surface area contributed by atoms with Gasteiger partial charge in [0.2, 0.25) is 0 Å². The highest BCUT2D eigenvalue weighted by Gasteiger charge is 2.07. The number of para-hydroxylation sites is 1. The quantitative estimate of drug-likeness (QED) is 0.571. The Morgan fingerprint density at radius 3 is 2.88 bits per heavy atom. The van der Waals surface area contributed by atoms with Crippen LogP contribution in [0.25, 0.3) is 10.9 Å². The lowest BCUT2D eigenvalue weighted by Gasteiger charge is -2.04. The number of carbonyl (C=O) groups is 1. The topological polar surface area (TPSA) is 83.8 Å². The lowest BCUT2D eigenvalue weighted by atomic mass is 10.2. The number of nitrogens with one attached hydrogen (secondary N) is 1. The molecule has 3 aromatic rings. The standard InChI is InChI=1S/C18H15N3O3/c1-24-17-10-12(6-9-16(17)22)11-19-21-18(23)15-8-7-13-4-2-3-5-14(13)20-15/h2-11,22H,1H3,(H,21,23)/b19-11-. The number of methoxy groups -OCH3 is 1. The van der Waals surface area contributed by atoms with Crippen LogP contribution >= 0.6 is 0 Å². The van der Waals surface area contributed by atoms with Gasteiger partial charge in [0.25, 0.3) is 5.91 Å². The number of hydrogen-bond donors (Lipinski definition) is 2. The summed E-state index contributed by atoms with van der Waals surface area (Å²) in [5.41, 5.74) is 4.14. The van der Waals surface area contributed by atoms with Crippen molar-refractivity contribution in [3.8, 4) is 11.5 Å². The van der Waals surface area contributed by atoms with E-state index in [0.717, 1.165) is 10.9 Å². The van der Waals surface area contributed by atoms with E-state index in [1.807, 2.05) is 30.3 Å². The van der Waals surface area contributed by atoms with E-state index in [1.54, 1.807) is 18.2 Å². The molecule has 0 bridgehead atoms. The summed E-state index contributed by atoms with van der Waals surface area (Å²) in [6.07, 6.45) is 1.46. The molecule has 2 aromatic carbocycles. The van der Waals surface area contributed by atoms with Gasteiger partial charge in [-0.05, 0) is 35.9 Å². The Bertz CT molecular complexity index is 922. The second-order valence-corrected chi connectivity index (χ2v) is 5.02. The highest BCUT2D eigenvalue weighted by Crippen LogP contribution is 2.25. The first-order valence-corrected chi connectivity index (χ1v) is 7.23. The van der Waals surface area contributed by atoms with Gasteiger partial charge in [-0.3, -0.25) is 4.79 Å². The summed E-state index contributed by atoms with van der Waals surface area (Å²) < 4.78 is 5.01. The molecule has 0 unspecified atom stereocenters. The zero-order valence-electron chi connectivity index (χ0n) is 12.9. The summed E-state index contributed by atoms with van der Waals surface area (Å²) >= 11 is 0. The van der Waals surface area contributed by atoms with Gasteiger partial charge in [-0.15, -0.1) is 0 Å². The Morgan fingerprint density at radius 2 is 2.04 bits per heavy atom. The molecule has 2 N–H and O–H groups in total. The number of aromatic hydroxyl groups is 1. The molecule has 120 valence electrons. The number of fused-ring (bicyclic) bond motifs is 1. The Kier molecular flexibility index (Phi) is 4.38. The Balaban J connectivity index is 1.72. The number of ether oxygens (including phenoxy) is 1. The number of rotatable bonds is 4. The van der Waals surface area contributed by atoms with Gasteiger partial charge in [0.15, 0.2) is 11.5 Å². The molecular formula is C18H15N3O3. The predicted octanol–water partition coefficient (Wildman–Crippen LogP) is 2.71. The molecule has 3 rings (SSSR count). The number of carbonyl (C=O) groups excluding carboxylic acids is 1. The van der Waals surface area contributed by atoms with Gasteiger partial charge in [-0.2, -0.15) is 5.10 Å². The number of benzene rings is 2. The van der Waals surface area contributed by atoms with Gasteiger partial charge in [0, 0.05) is 5.39 Å². The number of pyridine rings is 1. The van der Waals surface area contributed by atoms with Crippen LogP contribution in [0.2, 0.25) is 0 Å². The van der Waals surface area contributed by atoms with Crippen molar-refractivity contribution in [1.82, 2.24) is 10.4 Å². The summed E-state index contributed by atoms with van der Waals surface area (Å²) in [5.74, 6) is -0.0248. The molecule has 0 aliphatic carbocycles. The fraction of sp³-hybridized carbons (Fsp3) is 0.0556. The van der Waals surface area contributed by atoms with Crippen LogP contribution in [-0.4, -0.2) is 29.3 Å². The number of nitrogens with zero attached hydrogens (tertiary/aromatic N) is 2. The van der Waals surface area contributed by atoms with Gasteiger partial charge in [-0.1, -0.05) is 24.3 Å². The van der Waals surface area contributed by atoms with Crippen molar-refractivity contribution in [3.63, 3.8) is 0 Å². The van der Waals surface area contributed by atoms with Crippen LogP contribution < -0.4 is 10.2 Å². The maximum atomic E-state index is 12.1. The Hall–Kier alpha value is -3.41. The molecule has 0 saturated carbocycles. The minimum Gasteiger partial charge on any atom is -0.504 e. The predicted molar refractivity (Wildman–Crippen MR) is 91.5 cm³/mol. The van der Waals surface area contributed by atoms with Crippen molar-refractivity contribution >= 4 is 23.0 Å². The molecule has 0 spiro atoms. The van der Waals surface area contributed by atoms with Crippen molar-refractivity contribution in [2.24, 2.45) is 5.10 Å². The molecule has 1 aromatic heterocycles. The van der Waals surface area contributed by atoms with E-state index in [9.17, 15) is 9.90 Å². The Labute approximate surface area is 138 Å². The molecule has 0 fully saturated rings. The van der Waals surface area contributed by atoms with E-state index in [-0.39, 0.29) is 11.4 Å². The van der Waals surface area contributed by atoms with Gasteiger partial charge in [-0.25, -0.2) is 10.4 Å². The van der Waals surface area contributed by atoms with Crippen LogP contribution in [-0.2, 0) is 0 Å². The van der Waals surface area contributed by atoms with E-state index < -0.39 is 5.91 Å². The van der Waals surface area contributed by atoms with E-state index >= 15 is 0 Å². The zero-order chi connectivity index (χ0) is 16.9. The van der Waals surface area contributed by atoms with E-state index in [0.29, 0.717) is 11.3 Å². The highest BCUT2D eigenvalue weighted by molar-refractivity contribution is 5.95. The maximum Gasteiger partial charge on any atom is 0.289 e. The molecule has 24 heavy (non-hydrogen) atoms. The molecule has 1 amide bonds. The molecule has 6 nitrogen and oxygen atoms in total. The van der Waals surface area contributed by atoms with E-state index in [1.165, 1.54) is 19.4 Å². The lowest BCUT2D eigenvalue weighted by Crippen LogP contribution is -2.18. The highest BCUT2D eigenvalue weighted by atomic mass is 16.5. The minimum atomic E-state index is -0.400. The summed E-state index contributed by atoms with van der Waals surface area (Å²) in [7, 11) is 1.46. The Morgan fingerprint density at radius 1 is 1.21 bits per heavy atom. The summed E-state index contributed by atoms with van der Waals surface area (Å²) in [4.78, 5) is 16.4. The van der Waals surface area contributed by atoms with Gasteiger partial charge in [0.1, 0.15) is 5.69 Å². The SMILES string of the molecule is COc1cc(/C=N\NC(=O)c2ccc3ccccc3n2)ccc1O. The van der Waals surface area contributed by atoms with Crippen molar-refractivity contribution in [2.75, 3.05) is 7.11 Å². The lowest BCUT2D eigenvalue weighted by molar-refractivity contribution is 0.0950. The number of aromatic nitrogens is 1. The van der Waals surface area contributed by atoms with Crippen molar-refractivity contribution < 1.29 is 14.6 Å². The minimum absolute atomic E-state index is 0.0408. The van der Waals surface area contributed by atoms with Crippen LogP contribution in [0.1, 0.15) is 16.1 Å². The van der Waals surface area contributed by atoms with Crippen molar-refractivity contribution in [3.05, 3.63) is 65.9 Å². The van der Waals surface area contributed by atoms with Gasteiger partial charge < -0.3 is 9.84 Å². The first-order chi connectivity index (χ1) is 11.7. The maximum absolute atomic E-state index is 12.1. The smallest absolute Gasteiger partial charge is 0.289 e. The molecule has 0 aliphatic heterocycles. The third-order valence-corrected chi connectivity index (χ3v) is 3.41. The normalized spacial score (nSPS) is 10.9. The number of amides is 1. The molecule has 1 heterocycles. The second-order valence-electron chi connectivity index (χ2n) is 5.02. The first kappa shape index (κ1) is 15.5. The fourth-order valence-electron chi connectivity index (χ4n) is 2.19. The monoisotopic (exact) mass is 321 g/mol. The molecule has 0 saturated heterocycles. The molecule has 0 atom stereocenters. The first-order valence-electron chi connectivity index (χ1n) is 7.23. The third kappa shape index (κ3) is 3.33. The fourth-order valence-corrected chi connectivity index (χ4v) is 2.19. The van der Waals surface area contributed by atoms with Gasteiger partial charge >= 0.3 is 0 Å². The van der Waals surface area contributed by atoms with Crippen LogP contribution in [0.5, 0.6) is 11.5 Å². The second kappa shape index (κ2) is 6.78. The number of phenolic OH excluding ortho intramolecular Hbond substituents is 1. The molecule has 6 heteroatoms. The zero-order valence-corrected chi connectivity index (χ0v) is 12.9.